The number of likely N-dealkylation sites (N-methyl/N-ethyl adjacent to an activating group) is 1. The maximum absolute atomic E-state index is 12.8. The van der Waals surface area contributed by atoms with Gasteiger partial charge in [-0.15, -0.1) is 0 Å². The number of carbonyl (C=O) groups excluding carboxylic acids is 5. The molecule has 0 spiro atoms. The number of hydrogen-bond donors (Lipinski definition) is 3. The number of hydrazine groups is 2. The summed E-state index contributed by atoms with van der Waals surface area (Å²) in [4.78, 5) is 71.3. The van der Waals surface area contributed by atoms with E-state index in [1.165, 1.54) is 17.1 Å². The summed E-state index contributed by atoms with van der Waals surface area (Å²) in [5, 5.41) is 15.4. The number of carbonyl (C=O) groups is 6. The van der Waals surface area contributed by atoms with Crippen molar-refractivity contribution >= 4 is 48.0 Å². The van der Waals surface area contributed by atoms with Crippen molar-refractivity contribution in [3.8, 4) is 0 Å². The summed E-state index contributed by atoms with van der Waals surface area (Å²) in [6.07, 6.45) is 0.966. The zero-order valence-electron chi connectivity index (χ0n) is 19.4. The molecule has 1 aliphatic heterocycles. The van der Waals surface area contributed by atoms with Gasteiger partial charge < -0.3 is 15.2 Å². The molecule has 1 fully saturated rings. The summed E-state index contributed by atoms with van der Waals surface area (Å²) in [6.45, 7) is 1.89. The van der Waals surface area contributed by atoms with Gasteiger partial charge in [0.1, 0.15) is 12.3 Å². The number of aldehydes is 1. The lowest BCUT2D eigenvalue weighted by atomic mass is 10.1. The highest BCUT2D eigenvalue weighted by atomic mass is 35.5. The Balaban J connectivity index is 1.95. The molecule has 0 bridgehead atoms. The predicted octanol–water partition coefficient (Wildman–Crippen LogP) is 0.138. The molecule has 4 amide bonds. The largest absolute Gasteiger partial charge is 0.481 e. The maximum Gasteiger partial charge on any atom is 0.305 e. The quantitative estimate of drug-likeness (QED) is 0.281. The summed E-state index contributed by atoms with van der Waals surface area (Å²) >= 11 is 6.03. The van der Waals surface area contributed by atoms with Crippen LogP contribution in [0.2, 0.25) is 5.02 Å². The topological polar surface area (TPSA) is 156 Å². The lowest BCUT2D eigenvalue weighted by molar-refractivity contribution is -0.161. The van der Waals surface area contributed by atoms with Crippen LogP contribution in [0.5, 0.6) is 0 Å². The van der Waals surface area contributed by atoms with Crippen LogP contribution < -0.4 is 10.7 Å². The lowest BCUT2D eigenvalue weighted by Crippen LogP contribution is -2.59. The molecule has 2 atom stereocenters. The van der Waals surface area contributed by atoms with Gasteiger partial charge in [-0.2, -0.15) is 0 Å². The molecule has 1 saturated heterocycles. The van der Waals surface area contributed by atoms with Crippen molar-refractivity contribution in [2.45, 2.75) is 44.7 Å². The highest BCUT2D eigenvalue weighted by Crippen LogP contribution is 2.19. The second-order valence-corrected chi connectivity index (χ2v) is 8.41. The van der Waals surface area contributed by atoms with Crippen LogP contribution in [0, 0.1) is 6.92 Å². The molecule has 0 aromatic heterocycles. The number of benzene rings is 1. The van der Waals surface area contributed by atoms with Crippen molar-refractivity contribution in [3.05, 3.63) is 34.3 Å². The SMILES string of the molecule is Cc1c(Cl)cccc1C(=O)NN(C=O)CCC(=O)N1CCCC(C(=O)NC(C=O)CC(=O)O)N1C. The van der Waals surface area contributed by atoms with E-state index in [-0.39, 0.29) is 24.4 Å². The molecule has 35 heavy (non-hydrogen) atoms. The van der Waals surface area contributed by atoms with Gasteiger partial charge in [0.2, 0.25) is 18.2 Å². The predicted molar refractivity (Wildman–Crippen MR) is 124 cm³/mol. The first kappa shape index (κ1) is 27.7. The van der Waals surface area contributed by atoms with E-state index in [4.69, 9.17) is 16.7 Å². The minimum atomic E-state index is -1.23. The van der Waals surface area contributed by atoms with Crippen LogP contribution in [0.1, 0.15) is 41.6 Å². The Labute approximate surface area is 207 Å². The number of amides is 4. The molecular formula is C22H28ClN5O7. The summed E-state index contributed by atoms with van der Waals surface area (Å²) in [5.74, 6) is -2.74. The highest BCUT2D eigenvalue weighted by Gasteiger charge is 2.34. The highest BCUT2D eigenvalue weighted by molar-refractivity contribution is 6.31. The zero-order valence-corrected chi connectivity index (χ0v) is 20.2. The smallest absolute Gasteiger partial charge is 0.305 e. The standard InChI is InChI=1S/C22H28ClN5O7/c1-14-16(5-3-6-17(14)23)21(34)25-27(13-30)10-8-19(31)28-9-4-7-18(26(28)2)22(35)24-15(12-29)11-20(32)33/h3,5-6,12-13,15,18H,4,7-11H2,1-2H3,(H,24,35)(H,25,34)(H,32,33). The van der Waals surface area contributed by atoms with Gasteiger partial charge in [-0.25, -0.2) is 5.01 Å². The van der Waals surface area contributed by atoms with Gasteiger partial charge in [0.15, 0.2) is 0 Å². The first-order valence-corrected chi connectivity index (χ1v) is 11.3. The van der Waals surface area contributed by atoms with Crippen LogP contribution >= 0.6 is 11.6 Å². The molecule has 0 saturated carbocycles. The Bertz CT molecular complexity index is 989. The van der Waals surface area contributed by atoms with E-state index < -0.39 is 36.3 Å². The van der Waals surface area contributed by atoms with Crippen LogP contribution in [0.3, 0.4) is 0 Å². The molecule has 1 aliphatic rings. The van der Waals surface area contributed by atoms with Crippen molar-refractivity contribution in [2.24, 2.45) is 0 Å². The second kappa shape index (κ2) is 12.8. The molecule has 2 unspecified atom stereocenters. The normalized spacial score (nSPS) is 16.7. The molecule has 12 nitrogen and oxygen atoms in total. The third kappa shape index (κ3) is 7.49. The van der Waals surface area contributed by atoms with E-state index in [0.29, 0.717) is 42.7 Å². The van der Waals surface area contributed by atoms with Crippen molar-refractivity contribution in [1.29, 1.82) is 0 Å². The second-order valence-electron chi connectivity index (χ2n) is 8.00. The third-order valence-electron chi connectivity index (χ3n) is 5.61. The number of hydrogen-bond acceptors (Lipinski definition) is 7. The minimum absolute atomic E-state index is 0.110. The van der Waals surface area contributed by atoms with Gasteiger partial charge in [-0.1, -0.05) is 17.7 Å². The number of halogens is 1. The van der Waals surface area contributed by atoms with E-state index in [1.54, 1.807) is 25.1 Å². The first-order valence-electron chi connectivity index (χ1n) is 10.9. The number of rotatable bonds is 11. The average Bonchev–Trinajstić information content (AvgIpc) is 2.82. The Morgan fingerprint density at radius 1 is 1.29 bits per heavy atom. The van der Waals surface area contributed by atoms with E-state index >= 15 is 0 Å². The molecule has 1 aromatic carbocycles. The Morgan fingerprint density at radius 2 is 2.00 bits per heavy atom. The molecular weight excluding hydrogens is 482 g/mol. The number of carboxylic acids is 1. The van der Waals surface area contributed by atoms with Crippen LogP contribution in [-0.2, 0) is 24.0 Å². The Hall–Kier alpha value is -3.51. The summed E-state index contributed by atoms with van der Waals surface area (Å²) in [7, 11) is 1.54. The van der Waals surface area contributed by atoms with Crippen molar-refractivity contribution in [1.82, 2.24) is 25.8 Å². The van der Waals surface area contributed by atoms with E-state index in [1.807, 2.05) is 0 Å². The molecule has 1 aromatic rings. The van der Waals surface area contributed by atoms with Crippen LogP contribution in [-0.4, -0.2) is 88.7 Å². The van der Waals surface area contributed by atoms with Gasteiger partial charge >= 0.3 is 5.97 Å². The summed E-state index contributed by atoms with van der Waals surface area (Å²) in [5.41, 5.74) is 3.27. The molecule has 2 rings (SSSR count). The fourth-order valence-electron chi connectivity index (χ4n) is 3.67. The van der Waals surface area contributed by atoms with E-state index in [9.17, 15) is 28.8 Å². The molecule has 0 aliphatic carbocycles. The number of aliphatic carboxylic acids is 1. The summed E-state index contributed by atoms with van der Waals surface area (Å²) < 4.78 is 0. The fourth-order valence-corrected chi connectivity index (χ4v) is 3.85. The van der Waals surface area contributed by atoms with Crippen molar-refractivity contribution in [3.63, 3.8) is 0 Å². The van der Waals surface area contributed by atoms with Gasteiger partial charge in [0.05, 0.1) is 19.0 Å². The van der Waals surface area contributed by atoms with Gasteiger partial charge in [-0.3, -0.25) is 39.4 Å². The van der Waals surface area contributed by atoms with Crippen molar-refractivity contribution < 1.29 is 33.9 Å². The molecule has 190 valence electrons. The van der Waals surface area contributed by atoms with Crippen LogP contribution in [0.25, 0.3) is 0 Å². The average molecular weight is 510 g/mol. The maximum atomic E-state index is 12.8. The Morgan fingerprint density at radius 3 is 2.63 bits per heavy atom. The number of nitrogens with one attached hydrogen (secondary N) is 2. The zero-order chi connectivity index (χ0) is 26.1. The molecule has 13 heteroatoms. The van der Waals surface area contributed by atoms with Gasteiger partial charge in [-0.05, 0) is 37.5 Å². The van der Waals surface area contributed by atoms with Crippen LogP contribution in [0.15, 0.2) is 18.2 Å². The van der Waals surface area contributed by atoms with E-state index in [2.05, 4.69) is 10.7 Å². The van der Waals surface area contributed by atoms with Crippen LogP contribution in [0.4, 0.5) is 0 Å². The molecule has 3 N–H and O–H groups in total. The number of carboxylic acid groups (broad SMARTS) is 1. The van der Waals surface area contributed by atoms with Gasteiger partial charge in [0, 0.05) is 30.6 Å². The summed E-state index contributed by atoms with van der Waals surface area (Å²) in [6, 6.07) is 2.85. The minimum Gasteiger partial charge on any atom is -0.481 e. The fraction of sp³-hybridized carbons (Fsp3) is 0.455. The van der Waals surface area contributed by atoms with Gasteiger partial charge in [0.25, 0.3) is 5.91 Å². The first-order chi connectivity index (χ1) is 16.6. The Kier molecular flexibility index (Phi) is 10.2. The number of nitrogens with zero attached hydrogens (tertiary/aromatic N) is 3. The monoisotopic (exact) mass is 509 g/mol. The lowest BCUT2D eigenvalue weighted by Gasteiger charge is -2.41. The molecule has 1 heterocycles. The van der Waals surface area contributed by atoms with E-state index in [0.717, 1.165) is 5.01 Å². The van der Waals surface area contributed by atoms with Crippen molar-refractivity contribution in [2.75, 3.05) is 20.1 Å². The molecule has 0 radical (unpaired) electrons. The third-order valence-corrected chi connectivity index (χ3v) is 6.02.